The molecule has 1 saturated carbocycles. The van der Waals surface area contributed by atoms with Crippen LogP contribution in [0.3, 0.4) is 0 Å². The Balaban J connectivity index is 1.82. The zero-order valence-electron chi connectivity index (χ0n) is 10.4. The van der Waals surface area contributed by atoms with E-state index in [1.165, 1.54) is 25.7 Å². The van der Waals surface area contributed by atoms with Gasteiger partial charge in [0, 0.05) is 25.1 Å². The van der Waals surface area contributed by atoms with Crippen LogP contribution in [0.25, 0.3) is 0 Å². The molecule has 3 rings (SSSR count). The molecule has 1 unspecified atom stereocenters. The molecule has 2 N–H and O–H groups in total. The predicted octanol–water partition coefficient (Wildman–Crippen LogP) is 2.17. The normalized spacial score (nSPS) is 24.3. The molecule has 2 heterocycles. The van der Waals surface area contributed by atoms with Crippen LogP contribution in [0.1, 0.15) is 44.3 Å². The van der Waals surface area contributed by atoms with E-state index >= 15 is 0 Å². The molecule has 1 atom stereocenters. The number of hydrogen-bond donors (Lipinski definition) is 1. The summed E-state index contributed by atoms with van der Waals surface area (Å²) < 4.78 is 0. The van der Waals surface area contributed by atoms with Crippen LogP contribution in [0.2, 0.25) is 0 Å². The second-order valence-electron chi connectivity index (χ2n) is 5.29. The van der Waals surface area contributed by atoms with Gasteiger partial charge >= 0.3 is 0 Å². The Morgan fingerprint density at radius 2 is 2.18 bits per heavy atom. The summed E-state index contributed by atoms with van der Waals surface area (Å²) >= 11 is 0. The van der Waals surface area contributed by atoms with Crippen LogP contribution in [0.15, 0.2) is 6.07 Å². The summed E-state index contributed by atoms with van der Waals surface area (Å²) in [4.78, 5) is 11.4. The van der Waals surface area contributed by atoms with E-state index in [9.17, 15) is 0 Å². The number of rotatable bonds is 3. The van der Waals surface area contributed by atoms with Gasteiger partial charge in [0.05, 0.1) is 0 Å². The largest absolute Gasteiger partial charge is 0.384 e. The minimum atomic E-state index is 0.571. The van der Waals surface area contributed by atoms with Crippen LogP contribution >= 0.6 is 0 Å². The summed E-state index contributed by atoms with van der Waals surface area (Å²) in [5, 5.41) is 0. The number of nitrogen functional groups attached to an aromatic ring is 1. The van der Waals surface area contributed by atoms with Crippen molar-refractivity contribution in [1.29, 1.82) is 0 Å². The molecule has 4 heteroatoms. The van der Waals surface area contributed by atoms with Crippen molar-refractivity contribution in [2.75, 3.05) is 23.7 Å². The number of anilines is 2. The molecule has 2 fully saturated rings. The number of hydrogen-bond acceptors (Lipinski definition) is 4. The van der Waals surface area contributed by atoms with E-state index in [0.29, 0.717) is 11.7 Å². The van der Waals surface area contributed by atoms with Gasteiger partial charge in [-0.05, 0) is 25.2 Å². The van der Waals surface area contributed by atoms with Crippen LogP contribution in [-0.4, -0.2) is 23.1 Å². The fourth-order valence-electron chi connectivity index (χ4n) is 2.53. The minimum absolute atomic E-state index is 0.571. The van der Waals surface area contributed by atoms with E-state index in [0.717, 1.165) is 30.6 Å². The first-order valence-corrected chi connectivity index (χ1v) is 6.65. The van der Waals surface area contributed by atoms with Crippen LogP contribution in [0, 0.1) is 5.92 Å². The van der Waals surface area contributed by atoms with Gasteiger partial charge in [-0.15, -0.1) is 0 Å². The third-order valence-electron chi connectivity index (χ3n) is 3.88. The van der Waals surface area contributed by atoms with Gasteiger partial charge in [-0.25, -0.2) is 9.97 Å². The summed E-state index contributed by atoms with van der Waals surface area (Å²) in [5.41, 5.74) is 5.88. The molecule has 17 heavy (non-hydrogen) atoms. The maximum absolute atomic E-state index is 5.88. The van der Waals surface area contributed by atoms with Crippen molar-refractivity contribution < 1.29 is 0 Å². The Bertz CT molecular complexity index is 414. The van der Waals surface area contributed by atoms with Gasteiger partial charge in [0.2, 0.25) is 0 Å². The van der Waals surface area contributed by atoms with Crippen molar-refractivity contribution in [2.45, 2.75) is 38.5 Å². The number of nitrogens with two attached hydrogens (primary N) is 1. The van der Waals surface area contributed by atoms with Gasteiger partial charge in [-0.3, -0.25) is 0 Å². The average Bonchev–Trinajstić information content (AvgIpc) is 3.06. The van der Waals surface area contributed by atoms with Crippen LogP contribution in [0.5, 0.6) is 0 Å². The monoisotopic (exact) mass is 232 g/mol. The first-order chi connectivity index (χ1) is 8.26. The summed E-state index contributed by atoms with van der Waals surface area (Å²) in [6, 6.07) is 1.92. The van der Waals surface area contributed by atoms with Gasteiger partial charge < -0.3 is 10.6 Å². The second kappa shape index (κ2) is 4.17. The highest BCUT2D eigenvalue weighted by Gasteiger charge is 2.29. The molecule has 0 amide bonds. The maximum Gasteiger partial charge on any atom is 0.136 e. The summed E-state index contributed by atoms with van der Waals surface area (Å²) in [7, 11) is 0. The number of nitrogens with zero attached hydrogens (tertiary/aromatic N) is 3. The van der Waals surface area contributed by atoms with E-state index in [1.54, 1.807) is 0 Å². The molecule has 0 bridgehead atoms. The van der Waals surface area contributed by atoms with Crippen LogP contribution < -0.4 is 10.6 Å². The standard InChI is InChI=1S/C13H20N4/c1-2-9-5-6-17(8-9)12-7-11(14)15-13(16-12)10-3-4-10/h7,9-10H,2-6,8H2,1H3,(H2,14,15,16). The molecule has 0 spiro atoms. The zero-order chi connectivity index (χ0) is 11.8. The molecule has 1 aromatic heterocycles. The van der Waals surface area contributed by atoms with E-state index in [-0.39, 0.29) is 0 Å². The van der Waals surface area contributed by atoms with Crippen molar-refractivity contribution in [1.82, 2.24) is 9.97 Å². The van der Waals surface area contributed by atoms with Crippen molar-refractivity contribution in [3.63, 3.8) is 0 Å². The molecule has 1 aliphatic heterocycles. The SMILES string of the molecule is CCC1CCN(c2cc(N)nc(C3CC3)n2)C1. The summed E-state index contributed by atoms with van der Waals surface area (Å²) in [5.74, 6) is 4.00. The first kappa shape index (κ1) is 10.8. The predicted molar refractivity (Wildman–Crippen MR) is 69.0 cm³/mol. The molecule has 92 valence electrons. The lowest BCUT2D eigenvalue weighted by Crippen LogP contribution is -2.21. The van der Waals surface area contributed by atoms with Crippen LogP contribution in [0.4, 0.5) is 11.6 Å². The minimum Gasteiger partial charge on any atom is -0.384 e. The fraction of sp³-hybridized carbons (Fsp3) is 0.692. The van der Waals surface area contributed by atoms with Gasteiger partial charge in [0.15, 0.2) is 0 Å². The van der Waals surface area contributed by atoms with Gasteiger partial charge in [0.25, 0.3) is 0 Å². The third kappa shape index (κ3) is 2.21. The number of aromatic nitrogens is 2. The summed E-state index contributed by atoms with van der Waals surface area (Å²) in [6.07, 6.45) is 4.98. The van der Waals surface area contributed by atoms with Crippen molar-refractivity contribution in [3.05, 3.63) is 11.9 Å². The summed E-state index contributed by atoms with van der Waals surface area (Å²) in [6.45, 7) is 4.49. The molecule has 0 aromatic carbocycles. The second-order valence-corrected chi connectivity index (χ2v) is 5.29. The molecule has 1 aliphatic carbocycles. The topological polar surface area (TPSA) is 55.0 Å². The average molecular weight is 232 g/mol. The van der Waals surface area contributed by atoms with Gasteiger partial charge in [0.1, 0.15) is 17.5 Å². The van der Waals surface area contributed by atoms with E-state index in [4.69, 9.17) is 5.73 Å². The Kier molecular flexibility index (Phi) is 2.65. The van der Waals surface area contributed by atoms with E-state index in [1.807, 2.05) is 6.07 Å². The first-order valence-electron chi connectivity index (χ1n) is 6.65. The molecule has 1 saturated heterocycles. The van der Waals surface area contributed by atoms with Crippen molar-refractivity contribution in [2.24, 2.45) is 5.92 Å². The Morgan fingerprint density at radius 1 is 1.35 bits per heavy atom. The Labute approximate surface area is 102 Å². The highest BCUT2D eigenvalue weighted by molar-refractivity contribution is 5.48. The molecule has 0 radical (unpaired) electrons. The lowest BCUT2D eigenvalue weighted by Gasteiger charge is -2.18. The van der Waals surface area contributed by atoms with Crippen molar-refractivity contribution in [3.8, 4) is 0 Å². The highest BCUT2D eigenvalue weighted by Crippen LogP contribution is 2.39. The lowest BCUT2D eigenvalue weighted by atomic mass is 10.1. The fourth-order valence-corrected chi connectivity index (χ4v) is 2.53. The maximum atomic E-state index is 5.88. The highest BCUT2D eigenvalue weighted by atomic mass is 15.2. The Morgan fingerprint density at radius 3 is 2.82 bits per heavy atom. The quantitative estimate of drug-likeness (QED) is 0.867. The smallest absolute Gasteiger partial charge is 0.136 e. The van der Waals surface area contributed by atoms with Gasteiger partial charge in [-0.1, -0.05) is 13.3 Å². The zero-order valence-corrected chi connectivity index (χ0v) is 10.4. The van der Waals surface area contributed by atoms with Crippen molar-refractivity contribution >= 4 is 11.6 Å². The van der Waals surface area contributed by atoms with E-state index < -0.39 is 0 Å². The molecular formula is C13H20N4. The van der Waals surface area contributed by atoms with E-state index in [2.05, 4.69) is 21.8 Å². The molecule has 2 aliphatic rings. The molecule has 4 nitrogen and oxygen atoms in total. The van der Waals surface area contributed by atoms with Crippen LogP contribution in [-0.2, 0) is 0 Å². The molecule has 1 aromatic rings. The third-order valence-corrected chi connectivity index (χ3v) is 3.88. The lowest BCUT2D eigenvalue weighted by molar-refractivity contribution is 0.568. The Hall–Kier alpha value is -1.32. The van der Waals surface area contributed by atoms with Gasteiger partial charge in [-0.2, -0.15) is 0 Å². The molecular weight excluding hydrogens is 212 g/mol.